The van der Waals surface area contributed by atoms with Gasteiger partial charge in [-0.05, 0) is 251 Å². The summed E-state index contributed by atoms with van der Waals surface area (Å²) in [6, 6.07) is 78.1. The Morgan fingerprint density at radius 1 is 0.341 bits per heavy atom. The van der Waals surface area contributed by atoms with Gasteiger partial charge in [0.15, 0.2) is 0 Å². The summed E-state index contributed by atoms with van der Waals surface area (Å²) in [6.07, 6.45) is 30.0. The largest absolute Gasteiger partial charge is 0.278 e. The van der Waals surface area contributed by atoms with Crippen molar-refractivity contribution in [3.63, 3.8) is 0 Å². The van der Waals surface area contributed by atoms with Gasteiger partial charge in [-0.1, -0.05) is 242 Å². The number of nitrogens with zero attached hydrogens (tertiary/aromatic N) is 13. The van der Waals surface area contributed by atoms with E-state index in [0.29, 0.717) is 47.0 Å². The van der Waals surface area contributed by atoms with Crippen LogP contribution in [-0.4, -0.2) is 32.6 Å². The van der Waals surface area contributed by atoms with Gasteiger partial charge in [-0.25, -0.2) is 27.4 Å². The number of hydrogen-bond donors (Lipinski definition) is 0. The van der Waals surface area contributed by atoms with E-state index in [1.54, 1.807) is 0 Å². The van der Waals surface area contributed by atoms with E-state index in [2.05, 4.69) is 492 Å². The van der Waals surface area contributed by atoms with Crippen LogP contribution in [0.2, 0.25) is 0 Å². The van der Waals surface area contributed by atoms with Crippen LogP contribution in [0.5, 0.6) is 0 Å². The van der Waals surface area contributed by atoms with Crippen LogP contribution in [0, 0.1) is 22.7 Å². The van der Waals surface area contributed by atoms with Gasteiger partial charge in [-0.15, -0.1) is 0 Å². The van der Waals surface area contributed by atoms with E-state index in [-0.39, 0.29) is 39.9 Å². The lowest BCUT2D eigenvalue weighted by Gasteiger charge is -2.28. The van der Waals surface area contributed by atoms with Crippen molar-refractivity contribution in [1.29, 1.82) is 0 Å². The van der Waals surface area contributed by atoms with Crippen LogP contribution in [0.25, 0.3) is 34.1 Å². The summed E-state index contributed by atoms with van der Waals surface area (Å²) in [7, 11) is 0. The Morgan fingerprint density at radius 2 is 0.682 bits per heavy atom. The van der Waals surface area contributed by atoms with E-state index >= 15 is 0 Å². The van der Waals surface area contributed by atoms with Crippen LogP contribution < -0.4 is 27.4 Å². The van der Waals surface area contributed by atoms with Crippen LogP contribution >= 0.6 is 0 Å². The summed E-state index contributed by atoms with van der Waals surface area (Å²) < 4.78 is 29.8. The molecule has 6 aliphatic rings. The molecule has 0 N–H and O–H groups in total. The molecule has 6 aliphatic heterocycles. The first-order chi connectivity index (χ1) is 61.7. The molecule has 0 bridgehead atoms. The highest BCUT2D eigenvalue weighted by Gasteiger charge is 2.49. The Balaban J connectivity index is 0.000000135. The van der Waals surface area contributed by atoms with Crippen molar-refractivity contribution in [2.45, 2.75) is 367 Å². The molecule has 13 nitrogen and oxygen atoms in total. The minimum Gasteiger partial charge on any atom is -0.231 e. The minimum absolute atomic E-state index is 0. The van der Waals surface area contributed by atoms with Gasteiger partial charge in [-0.3, -0.25) is 0 Å². The molecule has 0 fully saturated rings. The zero-order valence-electron chi connectivity index (χ0n) is 85.8. The Morgan fingerprint density at radius 3 is 1.08 bits per heavy atom. The zero-order valence-corrected chi connectivity index (χ0v) is 85.8. The molecule has 0 saturated carbocycles. The number of benzene rings is 7. The highest BCUT2D eigenvalue weighted by molar-refractivity contribution is 5.34. The number of imidazole rings is 5. The van der Waals surface area contributed by atoms with Crippen LogP contribution in [0.4, 0.5) is 0 Å². The highest BCUT2D eigenvalue weighted by Crippen LogP contribution is 2.45. The molecular formula is C119H167N13+6. The lowest BCUT2D eigenvalue weighted by atomic mass is 9.84. The third-order valence-electron chi connectivity index (χ3n) is 27.2. The minimum atomic E-state index is 0. The third-order valence-corrected chi connectivity index (χ3v) is 27.2. The molecule has 132 heavy (non-hydrogen) atoms. The quantitative estimate of drug-likeness (QED) is 0.112. The van der Waals surface area contributed by atoms with Gasteiger partial charge < -0.3 is 0 Å². The summed E-state index contributed by atoms with van der Waals surface area (Å²) >= 11 is 0. The van der Waals surface area contributed by atoms with Crippen molar-refractivity contribution in [3.05, 3.63) is 318 Å². The van der Waals surface area contributed by atoms with Gasteiger partial charge in [0.25, 0.3) is 34.9 Å². The lowest BCUT2D eigenvalue weighted by Crippen LogP contribution is -2.46. The molecule has 0 spiro atoms. The van der Waals surface area contributed by atoms with Crippen molar-refractivity contribution in [3.8, 4) is 34.1 Å². The number of aromatic nitrogens is 13. The average molecular weight is 1780 g/mol. The van der Waals surface area contributed by atoms with Crippen LogP contribution in [-0.2, 0) is 84.0 Å². The summed E-state index contributed by atoms with van der Waals surface area (Å²) in [5.41, 5.74) is 17.7. The van der Waals surface area contributed by atoms with E-state index in [9.17, 15) is 0 Å². The van der Waals surface area contributed by atoms with Gasteiger partial charge in [0.1, 0.15) is 118 Å². The first-order valence-electron chi connectivity index (χ1n) is 49.9. The normalized spacial score (nSPS) is 17.4. The molecule has 7 aromatic carbocycles. The molecule has 0 radical (unpaired) electrons. The fraction of sp³-hybridized carbons (Fsp3) is 0.504. The Labute approximate surface area is 796 Å². The predicted octanol–water partition coefficient (Wildman–Crippen LogP) is 26.2. The van der Waals surface area contributed by atoms with Crippen molar-refractivity contribution >= 4 is 0 Å². The second-order valence-corrected chi connectivity index (χ2v) is 47.8. The van der Waals surface area contributed by atoms with Gasteiger partial charge >= 0.3 is 0 Å². The molecule has 0 aliphatic carbocycles. The van der Waals surface area contributed by atoms with Crippen LogP contribution in [0.1, 0.15) is 358 Å². The van der Waals surface area contributed by atoms with Gasteiger partial charge in [0, 0.05) is 55.5 Å². The van der Waals surface area contributed by atoms with Crippen LogP contribution in [0.15, 0.2) is 243 Å². The molecule has 6 aromatic heterocycles. The molecule has 13 aromatic rings. The number of rotatable bonds is 12. The van der Waals surface area contributed by atoms with E-state index in [0.717, 1.165) is 24.4 Å². The second-order valence-electron chi connectivity index (χ2n) is 47.8. The molecule has 0 unspecified atom stereocenters. The van der Waals surface area contributed by atoms with Crippen molar-refractivity contribution in [2.75, 3.05) is 0 Å². The molecule has 5 atom stereocenters. The molecular weight excluding hydrogens is 1610 g/mol. The maximum absolute atomic E-state index is 4.96. The summed E-state index contributed by atoms with van der Waals surface area (Å²) in [6.45, 7) is 66.4. The highest BCUT2D eigenvalue weighted by atomic mass is 15.4. The predicted molar refractivity (Wildman–Crippen MR) is 546 cm³/mol. The first kappa shape index (κ1) is 99.2. The molecule has 0 saturated heterocycles. The number of para-hydroxylation sites is 6. The van der Waals surface area contributed by atoms with Gasteiger partial charge in [0.05, 0.1) is 45.1 Å². The van der Waals surface area contributed by atoms with E-state index < -0.39 is 0 Å². The molecule has 12 heterocycles. The van der Waals surface area contributed by atoms with Gasteiger partial charge in [-0.2, -0.15) is 22.8 Å². The maximum atomic E-state index is 4.96. The average Bonchev–Trinajstić information content (AvgIpc) is 1.55. The van der Waals surface area contributed by atoms with Crippen molar-refractivity contribution < 1.29 is 27.4 Å². The van der Waals surface area contributed by atoms with Crippen molar-refractivity contribution in [1.82, 2.24) is 32.6 Å². The number of hydrogen-bond acceptors (Lipinski definition) is 1. The number of fused-ring (bicyclic) bond motifs is 6. The maximum Gasteiger partial charge on any atom is 0.278 e. The molecule has 19 rings (SSSR count). The zero-order chi connectivity index (χ0) is 94.2. The topological polar surface area (TPSA) is 65.8 Å². The Kier molecular flexibility index (Phi) is 29.9. The van der Waals surface area contributed by atoms with Crippen LogP contribution in [0.3, 0.4) is 0 Å². The standard InChI is InChI=1S/C23H27N2.C21H31N2.C20H29N2.C19H28N3.C19H27N2.C16H21N2.CH4/c1-23(2,3)22-24(19-12-8-5-9-13-19)17-21-15-14-20(25(21)22)16-18-10-6-4-7-11-18;1-20(2,3)14-17-12-13-18-15-22(16-10-8-7-9-11-16)19(23(17)18)21(4,5)6;1-19(2,3)17-13-12-16-14-21(15-10-8-7-9-11-15)18(22(16)17)20(4,5)6;1-14(2)13-16-11-12-17-20-22(15-9-7-6-8-10-15)18(21(16)17)19(3,4)5;1-14(2)17-12-11-16-13-20(15-9-7-6-8-10-15)18(21(16)17)19(3,4)5;1-16(2,3)15-17-11-7-10-14(17)12-18(15)13-8-5-4-6-9-13;/h4-13,17,20H,14-16H2,1-3H3;7-11,15,17H,12-14H2,1-6H3;7-11,14,17H,12-13H2,1-6H3;6-10,14,16H,11-13H2,1-5H3;6-10,13-14,17H,11-12H2,1-5H3;4-6,8-9,12H,7,10-11H2,1-3H3;1H4/q6*+1;/t20-;2*17-;16-;17-;;/m11111../s1. The fourth-order valence-electron chi connectivity index (χ4n) is 22.1. The summed E-state index contributed by atoms with van der Waals surface area (Å²) in [4.78, 5) is 0. The molecule has 0 amide bonds. The SMILES string of the molecule is C.CC(C)(C)C[C@H]1CCc2c[n+](-c3ccccc3)c(C(C)(C)C)n21.CC(C)(C)c1n2c(c[n+]1-c1ccccc1)CCC2.CC(C)(C)c1n2c(c[n+]1-c1ccccc1)CC[C@@H]2C(C)(C)C.CC(C)(C)c1n2c(c[n+]1-c1ccccc1)CC[C@@H]2Cc1ccccc1.CC(C)C[C@H]1CCc2nn(-c3ccccc3)c(C(C)(C)C)[n+]21.CC(C)[C@H]1CCc2c[n+](-c3ccccc3)c(C(C)(C)C)n21. The number of aryl methyl sites for hydroxylation is 6. The summed E-state index contributed by atoms with van der Waals surface area (Å²) in [5, 5.41) is 4.96. The van der Waals surface area contributed by atoms with E-state index in [1.807, 2.05) is 0 Å². The van der Waals surface area contributed by atoms with Gasteiger partial charge in [0.2, 0.25) is 5.82 Å². The second kappa shape index (κ2) is 39.7. The van der Waals surface area contributed by atoms with E-state index in [4.69, 9.17) is 5.10 Å². The Hall–Kier alpha value is -10.3. The molecule has 13 heteroatoms. The first-order valence-corrected chi connectivity index (χ1v) is 49.9. The lowest BCUT2D eigenvalue weighted by molar-refractivity contribution is -0.728. The summed E-state index contributed by atoms with van der Waals surface area (Å²) in [5.74, 6) is 11.1. The van der Waals surface area contributed by atoms with Crippen molar-refractivity contribution in [2.24, 2.45) is 22.7 Å². The smallest absolute Gasteiger partial charge is 0.231 e. The fourth-order valence-corrected chi connectivity index (χ4v) is 22.1. The van der Waals surface area contributed by atoms with E-state index in [1.165, 1.54) is 193 Å². The monoisotopic (exact) mass is 1780 g/mol. The molecule has 702 valence electrons. The Bertz CT molecular complexity index is 5930. The third kappa shape index (κ3) is 22.2.